The molecule has 0 atom stereocenters. The Bertz CT molecular complexity index is 414. The summed E-state index contributed by atoms with van der Waals surface area (Å²) in [4.78, 5) is 13.3. The third kappa shape index (κ3) is 2.27. The zero-order chi connectivity index (χ0) is 10.8. The van der Waals surface area contributed by atoms with E-state index in [9.17, 15) is 4.79 Å². The van der Waals surface area contributed by atoms with E-state index in [4.69, 9.17) is 22.7 Å². The van der Waals surface area contributed by atoms with Crippen molar-refractivity contribution >= 4 is 34.6 Å². The van der Waals surface area contributed by atoms with Gasteiger partial charge in [0.2, 0.25) is 0 Å². The zero-order valence-corrected chi connectivity index (χ0v) is 9.54. The Morgan fingerprint density at radius 1 is 1.73 bits per heavy atom. The molecule has 0 radical (unpaired) electrons. The SMILES string of the molecule is NC(=O)OCc1cc2c(s1)C(=S)NCC2. The van der Waals surface area contributed by atoms with Crippen LogP contribution in [0.1, 0.15) is 15.3 Å². The van der Waals surface area contributed by atoms with Crippen LogP contribution in [0, 0.1) is 0 Å². The van der Waals surface area contributed by atoms with Crippen molar-refractivity contribution in [1.82, 2.24) is 5.32 Å². The quantitative estimate of drug-likeness (QED) is 0.764. The second-order valence-electron chi connectivity index (χ2n) is 3.18. The number of carbonyl (C=O) groups excluding carboxylic acids is 1. The zero-order valence-electron chi connectivity index (χ0n) is 7.91. The van der Waals surface area contributed by atoms with Crippen LogP contribution in [0.3, 0.4) is 0 Å². The van der Waals surface area contributed by atoms with E-state index in [-0.39, 0.29) is 6.61 Å². The molecule has 0 bridgehead atoms. The minimum absolute atomic E-state index is 0.232. The van der Waals surface area contributed by atoms with E-state index in [2.05, 4.69) is 5.32 Å². The predicted octanol–water partition coefficient (Wildman–Crippen LogP) is 1.16. The Labute approximate surface area is 96.4 Å². The van der Waals surface area contributed by atoms with Crippen molar-refractivity contribution in [3.8, 4) is 0 Å². The monoisotopic (exact) mass is 242 g/mol. The van der Waals surface area contributed by atoms with Crippen molar-refractivity contribution in [3.63, 3.8) is 0 Å². The number of thiophene rings is 1. The Kier molecular flexibility index (Phi) is 2.88. The number of ether oxygens (including phenoxy) is 1. The molecule has 6 heteroatoms. The van der Waals surface area contributed by atoms with Crippen LogP contribution in [0.4, 0.5) is 4.79 Å². The summed E-state index contributed by atoms with van der Waals surface area (Å²) in [7, 11) is 0. The third-order valence-corrected chi connectivity index (χ3v) is 3.75. The highest BCUT2D eigenvalue weighted by molar-refractivity contribution is 7.81. The van der Waals surface area contributed by atoms with Crippen LogP contribution in [0.15, 0.2) is 6.07 Å². The molecular weight excluding hydrogens is 232 g/mol. The van der Waals surface area contributed by atoms with E-state index in [1.54, 1.807) is 11.3 Å². The molecule has 0 spiro atoms. The molecule has 1 amide bonds. The van der Waals surface area contributed by atoms with Crippen molar-refractivity contribution in [1.29, 1.82) is 0 Å². The number of nitrogens with two attached hydrogens (primary N) is 1. The minimum Gasteiger partial charge on any atom is -0.444 e. The van der Waals surface area contributed by atoms with E-state index in [1.807, 2.05) is 6.07 Å². The molecule has 3 N–H and O–H groups in total. The fourth-order valence-corrected chi connectivity index (χ4v) is 2.86. The number of nitrogens with one attached hydrogen (secondary N) is 1. The molecule has 80 valence electrons. The summed E-state index contributed by atoms with van der Waals surface area (Å²) in [5.41, 5.74) is 6.12. The Morgan fingerprint density at radius 2 is 2.53 bits per heavy atom. The van der Waals surface area contributed by atoms with Crippen LogP contribution < -0.4 is 11.1 Å². The molecular formula is C9H10N2O2S2. The third-order valence-electron chi connectivity index (χ3n) is 2.10. The van der Waals surface area contributed by atoms with Gasteiger partial charge in [-0.3, -0.25) is 0 Å². The molecule has 15 heavy (non-hydrogen) atoms. The number of hydrogen-bond donors (Lipinski definition) is 2. The summed E-state index contributed by atoms with van der Waals surface area (Å²) in [6.07, 6.45) is 0.213. The minimum atomic E-state index is -0.748. The lowest BCUT2D eigenvalue weighted by molar-refractivity contribution is 0.151. The van der Waals surface area contributed by atoms with Crippen LogP contribution in [0.2, 0.25) is 0 Å². The first kappa shape index (κ1) is 10.4. The lowest BCUT2D eigenvalue weighted by atomic mass is 10.1. The largest absolute Gasteiger partial charge is 0.444 e. The van der Waals surface area contributed by atoms with Crippen molar-refractivity contribution in [3.05, 3.63) is 21.4 Å². The van der Waals surface area contributed by atoms with Crippen molar-refractivity contribution in [2.75, 3.05) is 6.54 Å². The summed E-state index contributed by atoms with van der Waals surface area (Å²) in [5.74, 6) is 0. The number of thiocarbonyl (C=S) groups is 1. The summed E-state index contributed by atoms with van der Waals surface area (Å²) >= 11 is 6.73. The highest BCUT2D eigenvalue weighted by Gasteiger charge is 2.17. The lowest BCUT2D eigenvalue weighted by Gasteiger charge is -2.13. The van der Waals surface area contributed by atoms with Gasteiger partial charge in [0.05, 0.1) is 4.88 Å². The van der Waals surface area contributed by atoms with Crippen LogP contribution in [-0.4, -0.2) is 17.6 Å². The normalized spacial score (nSPS) is 14.3. The van der Waals surface area contributed by atoms with Crippen LogP contribution in [0.5, 0.6) is 0 Å². The van der Waals surface area contributed by atoms with Crippen LogP contribution in [0.25, 0.3) is 0 Å². The smallest absolute Gasteiger partial charge is 0.404 e. The molecule has 0 aliphatic carbocycles. The highest BCUT2D eigenvalue weighted by atomic mass is 32.1. The standard InChI is InChI=1S/C9H10N2O2S2/c10-9(12)13-4-6-3-5-1-2-11-8(14)7(5)15-6/h3H,1-2,4H2,(H2,10,12)(H,11,14). The molecule has 0 saturated heterocycles. The molecule has 0 saturated carbocycles. The molecule has 0 unspecified atom stereocenters. The second-order valence-corrected chi connectivity index (χ2v) is 4.73. The highest BCUT2D eigenvalue weighted by Crippen LogP contribution is 2.26. The van der Waals surface area contributed by atoms with Gasteiger partial charge in [0.1, 0.15) is 11.6 Å². The summed E-state index contributed by atoms with van der Waals surface area (Å²) < 4.78 is 4.73. The number of hydrogen-bond acceptors (Lipinski definition) is 4. The molecule has 1 aliphatic rings. The Balaban J connectivity index is 2.14. The van der Waals surface area contributed by atoms with E-state index in [0.717, 1.165) is 27.7 Å². The molecule has 1 aliphatic heterocycles. The first-order valence-corrected chi connectivity index (χ1v) is 5.71. The van der Waals surface area contributed by atoms with Gasteiger partial charge in [-0.1, -0.05) is 12.2 Å². The van der Waals surface area contributed by atoms with Gasteiger partial charge < -0.3 is 15.8 Å². The second kappa shape index (κ2) is 4.16. The fourth-order valence-electron chi connectivity index (χ4n) is 1.47. The lowest BCUT2D eigenvalue weighted by Crippen LogP contribution is -2.29. The maximum atomic E-state index is 10.4. The molecule has 0 fully saturated rings. The van der Waals surface area contributed by atoms with Crippen LogP contribution >= 0.6 is 23.6 Å². The Hall–Kier alpha value is -1.14. The fraction of sp³-hybridized carbons (Fsp3) is 0.333. The van der Waals surface area contributed by atoms with Crippen molar-refractivity contribution in [2.45, 2.75) is 13.0 Å². The van der Waals surface area contributed by atoms with Gasteiger partial charge in [-0.25, -0.2) is 4.79 Å². The topological polar surface area (TPSA) is 64.4 Å². The van der Waals surface area contributed by atoms with Gasteiger partial charge in [0.25, 0.3) is 0 Å². The van der Waals surface area contributed by atoms with Gasteiger partial charge in [-0.05, 0) is 18.1 Å². The predicted molar refractivity (Wildman–Crippen MR) is 62.1 cm³/mol. The maximum absolute atomic E-state index is 10.4. The molecule has 1 aromatic heterocycles. The number of primary amides is 1. The van der Waals surface area contributed by atoms with Crippen molar-refractivity contribution in [2.24, 2.45) is 5.73 Å². The first-order valence-electron chi connectivity index (χ1n) is 4.49. The van der Waals surface area contributed by atoms with Gasteiger partial charge in [-0.2, -0.15) is 0 Å². The average molecular weight is 242 g/mol. The van der Waals surface area contributed by atoms with Gasteiger partial charge >= 0.3 is 6.09 Å². The average Bonchev–Trinajstić information content (AvgIpc) is 2.59. The van der Waals surface area contributed by atoms with Gasteiger partial charge in [0.15, 0.2) is 0 Å². The summed E-state index contributed by atoms with van der Waals surface area (Å²) in [6.45, 7) is 1.11. The van der Waals surface area contributed by atoms with E-state index in [1.165, 1.54) is 5.56 Å². The van der Waals surface area contributed by atoms with E-state index >= 15 is 0 Å². The number of rotatable bonds is 2. The number of fused-ring (bicyclic) bond motifs is 1. The molecule has 4 nitrogen and oxygen atoms in total. The molecule has 2 rings (SSSR count). The van der Waals surface area contributed by atoms with E-state index in [0.29, 0.717) is 0 Å². The molecule has 2 heterocycles. The Morgan fingerprint density at radius 3 is 3.20 bits per heavy atom. The number of carbonyl (C=O) groups is 1. The van der Waals surface area contributed by atoms with Crippen LogP contribution in [-0.2, 0) is 17.8 Å². The summed E-state index contributed by atoms with van der Waals surface area (Å²) in [6, 6.07) is 2.02. The molecule has 1 aromatic rings. The summed E-state index contributed by atoms with van der Waals surface area (Å²) in [5, 5.41) is 3.13. The molecule has 0 aromatic carbocycles. The van der Waals surface area contributed by atoms with Gasteiger partial charge in [-0.15, -0.1) is 11.3 Å². The van der Waals surface area contributed by atoms with Gasteiger partial charge in [0, 0.05) is 11.4 Å². The van der Waals surface area contributed by atoms with Crippen molar-refractivity contribution < 1.29 is 9.53 Å². The first-order chi connectivity index (χ1) is 7.16. The van der Waals surface area contributed by atoms with E-state index < -0.39 is 6.09 Å². The number of amides is 1. The maximum Gasteiger partial charge on any atom is 0.404 e.